The molecule has 3 heterocycles. The lowest BCUT2D eigenvalue weighted by Crippen LogP contribution is -2.43. The van der Waals surface area contributed by atoms with Gasteiger partial charge in [0.1, 0.15) is 5.69 Å². The number of carbonyl (C=O) groups is 2. The molecule has 0 radical (unpaired) electrons. The summed E-state index contributed by atoms with van der Waals surface area (Å²) >= 11 is 0. The summed E-state index contributed by atoms with van der Waals surface area (Å²) in [5, 5.41) is 10.1. The molecule has 1 fully saturated rings. The molecule has 3 aromatic rings. The van der Waals surface area contributed by atoms with Gasteiger partial charge in [-0.3, -0.25) is 19.7 Å². The van der Waals surface area contributed by atoms with Gasteiger partial charge < -0.3 is 10.2 Å². The molecule has 0 unspecified atom stereocenters. The van der Waals surface area contributed by atoms with E-state index in [9.17, 15) is 9.59 Å². The Morgan fingerprint density at radius 1 is 1.17 bits per heavy atom. The molecule has 1 aliphatic heterocycles. The fourth-order valence-electron chi connectivity index (χ4n) is 3.72. The van der Waals surface area contributed by atoms with Crippen molar-refractivity contribution in [1.29, 1.82) is 0 Å². The van der Waals surface area contributed by atoms with Gasteiger partial charge in [-0.2, -0.15) is 5.10 Å². The van der Waals surface area contributed by atoms with E-state index in [-0.39, 0.29) is 17.7 Å². The molecule has 30 heavy (non-hydrogen) atoms. The number of likely N-dealkylation sites (tertiary alicyclic amines) is 1. The second kappa shape index (κ2) is 8.90. The lowest BCUT2D eigenvalue weighted by Gasteiger charge is -2.31. The molecule has 0 aliphatic carbocycles. The van der Waals surface area contributed by atoms with Crippen LogP contribution in [0.5, 0.6) is 0 Å². The summed E-state index contributed by atoms with van der Waals surface area (Å²) in [7, 11) is 0. The highest BCUT2D eigenvalue weighted by Gasteiger charge is 2.29. The van der Waals surface area contributed by atoms with Gasteiger partial charge >= 0.3 is 0 Å². The van der Waals surface area contributed by atoms with E-state index in [0.717, 1.165) is 30.5 Å². The normalized spacial score (nSPS) is 16.3. The lowest BCUT2D eigenvalue weighted by molar-refractivity contribution is -0.121. The van der Waals surface area contributed by atoms with Gasteiger partial charge in [-0.05, 0) is 55.2 Å². The zero-order chi connectivity index (χ0) is 20.9. The average Bonchev–Trinajstić information content (AvgIpc) is 3.30. The molecule has 7 nitrogen and oxygen atoms in total. The van der Waals surface area contributed by atoms with Gasteiger partial charge in [-0.15, -0.1) is 0 Å². The summed E-state index contributed by atoms with van der Waals surface area (Å²) < 4.78 is 0. The minimum absolute atomic E-state index is 0.0427. The number of rotatable bonds is 5. The van der Waals surface area contributed by atoms with Crippen molar-refractivity contribution in [1.82, 2.24) is 20.1 Å². The van der Waals surface area contributed by atoms with Gasteiger partial charge in [0.05, 0.1) is 11.6 Å². The van der Waals surface area contributed by atoms with Gasteiger partial charge in [0.2, 0.25) is 5.91 Å². The Bertz CT molecular complexity index is 1010. The van der Waals surface area contributed by atoms with E-state index in [4.69, 9.17) is 0 Å². The molecule has 4 rings (SSSR count). The van der Waals surface area contributed by atoms with E-state index in [1.165, 1.54) is 5.56 Å². The third kappa shape index (κ3) is 4.40. The molecule has 0 saturated carbocycles. The van der Waals surface area contributed by atoms with Crippen LogP contribution in [0.15, 0.2) is 54.9 Å². The summed E-state index contributed by atoms with van der Waals surface area (Å²) in [5.41, 5.74) is 4.04. The number of anilines is 1. The number of pyridine rings is 1. The molecule has 1 saturated heterocycles. The van der Waals surface area contributed by atoms with E-state index in [1.54, 1.807) is 23.4 Å². The number of nitrogens with one attached hydrogen (secondary N) is 2. The van der Waals surface area contributed by atoms with Crippen molar-refractivity contribution in [3.8, 4) is 11.3 Å². The number of benzene rings is 1. The lowest BCUT2D eigenvalue weighted by atomic mass is 9.96. The van der Waals surface area contributed by atoms with Crippen LogP contribution < -0.4 is 5.32 Å². The van der Waals surface area contributed by atoms with Gasteiger partial charge in [-0.25, -0.2) is 0 Å². The Morgan fingerprint density at radius 3 is 2.67 bits per heavy atom. The molecular weight excluding hydrogens is 378 g/mol. The second-order valence-corrected chi connectivity index (χ2v) is 7.53. The van der Waals surface area contributed by atoms with Crippen molar-refractivity contribution in [3.63, 3.8) is 0 Å². The molecule has 2 N–H and O–H groups in total. The number of aromatic amines is 1. The Kier molecular flexibility index (Phi) is 5.88. The second-order valence-electron chi connectivity index (χ2n) is 7.53. The molecule has 154 valence electrons. The van der Waals surface area contributed by atoms with Crippen LogP contribution in [0.25, 0.3) is 11.3 Å². The van der Waals surface area contributed by atoms with Crippen molar-refractivity contribution in [3.05, 3.63) is 66.1 Å². The van der Waals surface area contributed by atoms with Crippen LogP contribution in [0.4, 0.5) is 5.69 Å². The number of carbonyl (C=O) groups excluding carboxylic acids is 2. The highest BCUT2D eigenvalue weighted by Crippen LogP contribution is 2.22. The first-order valence-corrected chi connectivity index (χ1v) is 10.3. The summed E-state index contributed by atoms with van der Waals surface area (Å²) in [6.45, 7) is 3.14. The monoisotopic (exact) mass is 403 g/mol. The van der Waals surface area contributed by atoms with Crippen LogP contribution in [-0.2, 0) is 11.2 Å². The van der Waals surface area contributed by atoms with E-state index in [0.29, 0.717) is 24.5 Å². The number of piperidine rings is 1. The number of aryl methyl sites for hydroxylation is 1. The molecule has 1 aliphatic rings. The number of H-pyrrole nitrogens is 1. The smallest absolute Gasteiger partial charge is 0.271 e. The van der Waals surface area contributed by atoms with E-state index in [2.05, 4.69) is 27.4 Å². The summed E-state index contributed by atoms with van der Waals surface area (Å²) in [4.78, 5) is 31.4. The van der Waals surface area contributed by atoms with Crippen LogP contribution in [0.1, 0.15) is 35.8 Å². The van der Waals surface area contributed by atoms with Gasteiger partial charge in [0.25, 0.3) is 5.91 Å². The number of hydrogen-bond donors (Lipinski definition) is 2. The average molecular weight is 403 g/mol. The largest absolute Gasteiger partial charge is 0.337 e. The van der Waals surface area contributed by atoms with E-state index < -0.39 is 0 Å². The topological polar surface area (TPSA) is 91.0 Å². The minimum Gasteiger partial charge on any atom is -0.337 e. The summed E-state index contributed by atoms with van der Waals surface area (Å²) in [6, 6.07) is 13.3. The Labute approximate surface area is 175 Å². The fourth-order valence-corrected chi connectivity index (χ4v) is 3.72. The zero-order valence-corrected chi connectivity index (χ0v) is 17.0. The molecule has 0 bridgehead atoms. The third-order valence-corrected chi connectivity index (χ3v) is 5.49. The third-order valence-electron chi connectivity index (χ3n) is 5.49. The van der Waals surface area contributed by atoms with E-state index >= 15 is 0 Å². The van der Waals surface area contributed by atoms with Crippen LogP contribution >= 0.6 is 0 Å². The van der Waals surface area contributed by atoms with Crippen molar-refractivity contribution >= 4 is 17.5 Å². The number of nitrogens with zero attached hydrogens (tertiary/aromatic N) is 3. The van der Waals surface area contributed by atoms with Crippen LogP contribution in [0.3, 0.4) is 0 Å². The van der Waals surface area contributed by atoms with E-state index in [1.807, 2.05) is 36.4 Å². The number of aromatic nitrogens is 3. The highest BCUT2D eigenvalue weighted by atomic mass is 16.2. The van der Waals surface area contributed by atoms with Gasteiger partial charge in [0, 0.05) is 36.7 Å². The molecule has 1 atom stereocenters. The fraction of sp³-hybridized carbons (Fsp3) is 0.304. The van der Waals surface area contributed by atoms with Crippen molar-refractivity contribution in [2.75, 3.05) is 18.4 Å². The van der Waals surface area contributed by atoms with Crippen molar-refractivity contribution in [2.24, 2.45) is 5.92 Å². The highest BCUT2D eigenvalue weighted by molar-refractivity contribution is 5.95. The summed E-state index contributed by atoms with van der Waals surface area (Å²) in [6.07, 6.45) is 5.91. The molecule has 2 amide bonds. The number of hydrogen-bond acceptors (Lipinski definition) is 4. The Morgan fingerprint density at radius 2 is 1.93 bits per heavy atom. The number of amides is 2. The van der Waals surface area contributed by atoms with Gasteiger partial charge in [-0.1, -0.05) is 19.1 Å². The maximum atomic E-state index is 13.0. The SMILES string of the molecule is CCc1ccc(NC(=O)[C@H]2CCCN(C(=O)c3cc(-c4ccncc4)n[nH]3)C2)cc1. The Balaban J connectivity index is 1.40. The first kappa shape index (κ1) is 19.8. The maximum absolute atomic E-state index is 13.0. The standard InChI is InChI=1S/C23H25N5O2/c1-2-16-5-7-19(8-6-16)25-22(29)18-4-3-13-28(15-18)23(30)21-14-20(26-27-21)17-9-11-24-12-10-17/h5-12,14,18H,2-4,13,15H2,1H3,(H,25,29)(H,26,27)/t18-/m0/s1. The Hall–Kier alpha value is -3.48. The zero-order valence-electron chi connectivity index (χ0n) is 17.0. The minimum atomic E-state index is -0.226. The van der Waals surface area contributed by atoms with Crippen LogP contribution in [0.2, 0.25) is 0 Å². The molecule has 2 aromatic heterocycles. The van der Waals surface area contributed by atoms with Crippen molar-refractivity contribution < 1.29 is 9.59 Å². The molecular formula is C23H25N5O2. The predicted molar refractivity (Wildman–Crippen MR) is 115 cm³/mol. The summed E-state index contributed by atoms with van der Waals surface area (Å²) in [5.74, 6) is -0.400. The molecule has 0 spiro atoms. The first-order chi connectivity index (χ1) is 14.6. The molecule has 1 aromatic carbocycles. The van der Waals surface area contributed by atoms with Gasteiger partial charge in [0.15, 0.2) is 0 Å². The first-order valence-electron chi connectivity index (χ1n) is 10.3. The molecule has 7 heteroatoms. The predicted octanol–water partition coefficient (Wildman–Crippen LogP) is 3.53. The quantitative estimate of drug-likeness (QED) is 0.682. The van der Waals surface area contributed by atoms with Crippen LogP contribution in [0, 0.1) is 5.92 Å². The maximum Gasteiger partial charge on any atom is 0.271 e. The van der Waals surface area contributed by atoms with Crippen LogP contribution in [-0.4, -0.2) is 45.0 Å². The van der Waals surface area contributed by atoms with Crippen molar-refractivity contribution in [2.45, 2.75) is 26.2 Å².